The third-order valence-corrected chi connectivity index (χ3v) is 3.26. The summed E-state index contributed by atoms with van der Waals surface area (Å²) < 4.78 is 5.00. The Morgan fingerprint density at radius 1 is 1.38 bits per heavy atom. The van der Waals surface area contributed by atoms with E-state index in [9.17, 15) is 9.90 Å². The molecule has 0 spiro atoms. The normalized spacial score (nSPS) is 12.0. The first-order chi connectivity index (χ1) is 9.92. The number of aryl methyl sites for hydroxylation is 2. The maximum Gasteiger partial charge on any atom is 0.256 e. The molecule has 1 heterocycles. The van der Waals surface area contributed by atoms with E-state index in [0.29, 0.717) is 28.5 Å². The second-order valence-corrected chi connectivity index (χ2v) is 4.90. The molecule has 112 valence electrons. The first-order valence-electron chi connectivity index (χ1n) is 6.63. The van der Waals surface area contributed by atoms with Crippen LogP contribution in [0.25, 0.3) is 0 Å². The number of hydrogen-bond acceptors (Lipinski definition) is 5. The minimum atomic E-state index is -0.241. The first kappa shape index (κ1) is 14.9. The number of rotatable bonds is 4. The molecule has 6 heteroatoms. The van der Waals surface area contributed by atoms with Gasteiger partial charge in [-0.2, -0.15) is 0 Å². The van der Waals surface area contributed by atoms with Crippen LogP contribution in [0.5, 0.6) is 11.5 Å². The summed E-state index contributed by atoms with van der Waals surface area (Å²) in [7, 11) is 1.49. The van der Waals surface area contributed by atoms with Crippen molar-refractivity contribution in [1.29, 1.82) is 0 Å². The first-order valence-corrected chi connectivity index (χ1v) is 6.63. The van der Waals surface area contributed by atoms with Crippen LogP contribution in [0.1, 0.15) is 30.0 Å². The molecule has 6 nitrogen and oxygen atoms in total. The number of methoxy groups -OCH3 is 1. The van der Waals surface area contributed by atoms with Crippen LogP contribution < -0.4 is 15.6 Å². The summed E-state index contributed by atoms with van der Waals surface area (Å²) in [5.74, 6) is 1.04. The Balaban J connectivity index is 2.28. The monoisotopic (exact) mass is 289 g/mol. The maximum atomic E-state index is 12.1. The van der Waals surface area contributed by atoms with Crippen LogP contribution in [0.4, 0.5) is 5.69 Å². The number of ether oxygens (including phenoxy) is 1. The Labute approximate surface area is 122 Å². The molecule has 0 bridgehead atoms. The summed E-state index contributed by atoms with van der Waals surface area (Å²) in [6.45, 7) is 5.43. The van der Waals surface area contributed by atoms with E-state index in [-0.39, 0.29) is 17.4 Å². The Bertz CT molecular complexity index is 710. The highest BCUT2D eigenvalue weighted by Crippen LogP contribution is 2.30. The van der Waals surface area contributed by atoms with E-state index in [4.69, 9.17) is 4.74 Å². The van der Waals surface area contributed by atoms with Gasteiger partial charge in [-0.1, -0.05) is 0 Å². The molecule has 3 N–H and O–H groups in total. The van der Waals surface area contributed by atoms with Gasteiger partial charge in [-0.15, -0.1) is 0 Å². The van der Waals surface area contributed by atoms with Crippen molar-refractivity contribution >= 4 is 5.69 Å². The van der Waals surface area contributed by atoms with E-state index >= 15 is 0 Å². The van der Waals surface area contributed by atoms with E-state index in [1.165, 1.54) is 7.11 Å². The maximum absolute atomic E-state index is 12.1. The van der Waals surface area contributed by atoms with Gasteiger partial charge < -0.3 is 20.1 Å². The fourth-order valence-electron chi connectivity index (χ4n) is 2.35. The number of hydrogen-bond donors (Lipinski definition) is 3. The average molecular weight is 289 g/mol. The van der Waals surface area contributed by atoms with Gasteiger partial charge >= 0.3 is 0 Å². The number of aromatic hydroxyl groups is 1. The van der Waals surface area contributed by atoms with Crippen molar-refractivity contribution in [2.45, 2.75) is 26.8 Å². The van der Waals surface area contributed by atoms with Crippen molar-refractivity contribution in [3.63, 3.8) is 0 Å². The van der Waals surface area contributed by atoms with E-state index in [1.807, 2.05) is 6.92 Å². The molecule has 1 aromatic carbocycles. The van der Waals surface area contributed by atoms with Gasteiger partial charge in [0, 0.05) is 11.8 Å². The van der Waals surface area contributed by atoms with Gasteiger partial charge in [0.25, 0.3) is 5.56 Å². The highest BCUT2D eigenvalue weighted by molar-refractivity contribution is 5.55. The molecule has 2 aromatic rings. The van der Waals surface area contributed by atoms with Gasteiger partial charge in [0.15, 0.2) is 11.5 Å². The van der Waals surface area contributed by atoms with Gasteiger partial charge in [-0.3, -0.25) is 4.79 Å². The third kappa shape index (κ3) is 3.16. The molecule has 0 aliphatic heterocycles. The van der Waals surface area contributed by atoms with Crippen LogP contribution in [-0.2, 0) is 0 Å². The van der Waals surface area contributed by atoms with Crippen molar-refractivity contribution in [2.75, 3.05) is 12.4 Å². The summed E-state index contributed by atoms with van der Waals surface area (Å²) in [5.41, 5.74) is 1.81. The average Bonchev–Trinajstić information content (AvgIpc) is 2.37. The lowest BCUT2D eigenvalue weighted by atomic mass is 10.1. The molecule has 1 atom stereocenters. The third-order valence-electron chi connectivity index (χ3n) is 3.26. The zero-order valence-corrected chi connectivity index (χ0v) is 12.5. The molecule has 0 radical (unpaired) electrons. The fourth-order valence-corrected chi connectivity index (χ4v) is 2.35. The summed E-state index contributed by atoms with van der Waals surface area (Å²) in [6, 6.07) is 4.75. The second-order valence-electron chi connectivity index (χ2n) is 4.90. The summed E-state index contributed by atoms with van der Waals surface area (Å²) in [5, 5.41) is 13.0. The summed E-state index contributed by atoms with van der Waals surface area (Å²) in [6.07, 6.45) is 0. The number of aromatic nitrogens is 2. The summed E-state index contributed by atoms with van der Waals surface area (Å²) in [4.78, 5) is 19.0. The number of aromatic amines is 1. The van der Waals surface area contributed by atoms with Gasteiger partial charge in [-0.25, -0.2) is 4.98 Å². The minimum absolute atomic E-state index is 0.0439. The van der Waals surface area contributed by atoms with Gasteiger partial charge in [0.05, 0.1) is 24.4 Å². The van der Waals surface area contributed by atoms with Crippen LogP contribution in [0, 0.1) is 13.8 Å². The van der Waals surface area contributed by atoms with Crippen LogP contribution >= 0.6 is 0 Å². The summed E-state index contributed by atoms with van der Waals surface area (Å²) >= 11 is 0. The van der Waals surface area contributed by atoms with E-state index < -0.39 is 0 Å². The van der Waals surface area contributed by atoms with Gasteiger partial charge in [0.1, 0.15) is 5.82 Å². The topological polar surface area (TPSA) is 87.2 Å². The van der Waals surface area contributed by atoms with Crippen LogP contribution in [0.3, 0.4) is 0 Å². The highest BCUT2D eigenvalue weighted by atomic mass is 16.5. The van der Waals surface area contributed by atoms with E-state index in [1.54, 1.807) is 32.0 Å². The predicted octanol–water partition coefficient (Wildman–Crippen LogP) is 2.27. The highest BCUT2D eigenvalue weighted by Gasteiger charge is 2.15. The standard InChI is InChI=1S/C15H19N3O3/c1-8-14(15(20)18-10(3)16-8)9(2)17-11-5-6-13(21-4)12(19)7-11/h5-7,9,17,19H,1-4H3,(H,16,18,20). The van der Waals surface area contributed by atoms with Crippen LogP contribution in [-0.4, -0.2) is 22.2 Å². The molecular weight excluding hydrogens is 270 g/mol. The number of anilines is 1. The van der Waals surface area contributed by atoms with Crippen molar-refractivity contribution in [1.82, 2.24) is 9.97 Å². The number of phenolic OH excluding ortho intramolecular Hbond substituents is 1. The van der Waals surface area contributed by atoms with Gasteiger partial charge in [-0.05, 0) is 32.9 Å². The fraction of sp³-hybridized carbons (Fsp3) is 0.333. The lowest BCUT2D eigenvalue weighted by molar-refractivity contribution is 0.373. The predicted molar refractivity (Wildman–Crippen MR) is 81.0 cm³/mol. The van der Waals surface area contributed by atoms with Crippen molar-refractivity contribution in [2.24, 2.45) is 0 Å². The van der Waals surface area contributed by atoms with Gasteiger partial charge in [0.2, 0.25) is 0 Å². The smallest absolute Gasteiger partial charge is 0.256 e. The minimum Gasteiger partial charge on any atom is -0.504 e. The Kier molecular flexibility index (Phi) is 4.16. The lowest BCUT2D eigenvalue weighted by Gasteiger charge is -2.17. The van der Waals surface area contributed by atoms with Crippen molar-refractivity contribution in [3.05, 3.63) is 45.6 Å². The Morgan fingerprint density at radius 2 is 2.10 bits per heavy atom. The quantitative estimate of drug-likeness (QED) is 0.803. The number of benzene rings is 1. The zero-order chi connectivity index (χ0) is 15.6. The number of H-pyrrole nitrogens is 1. The number of nitrogens with zero attached hydrogens (tertiary/aromatic N) is 1. The molecule has 0 amide bonds. The van der Waals surface area contributed by atoms with Crippen molar-refractivity contribution in [3.8, 4) is 11.5 Å². The molecule has 1 aromatic heterocycles. The van der Waals surface area contributed by atoms with E-state index in [2.05, 4.69) is 15.3 Å². The van der Waals surface area contributed by atoms with E-state index in [0.717, 1.165) is 0 Å². The molecule has 0 aliphatic carbocycles. The molecular formula is C15H19N3O3. The Hall–Kier alpha value is -2.50. The lowest BCUT2D eigenvalue weighted by Crippen LogP contribution is -2.23. The largest absolute Gasteiger partial charge is 0.504 e. The molecule has 0 fully saturated rings. The SMILES string of the molecule is COc1ccc(NC(C)c2c(C)nc(C)[nH]c2=O)cc1O. The second kappa shape index (κ2) is 5.87. The van der Waals surface area contributed by atoms with Crippen LogP contribution in [0.15, 0.2) is 23.0 Å². The number of phenols is 1. The van der Waals surface area contributed by atoms with Crippen molar-refractivity contribution < 1.29 is 9.84 Å². The zero-order valence-electron chi connectivity index (χ0n) is 12.5. The molecule has 0 saturated heterocycles. The number of nitrogens with one attached hydrogen (secondary N) is 2. The molecule has 21 heavy (non-hydrogen) atoms. The Morgan fingerprint density at radius 3 is 2.67 bits per heavy atom. The molecule has 0 aliphatic rings. The molecule has 1 unspecified atom stereocenters. The molecule has 2 rings (SSSR count). The van der Waals surface area contributed by atoms with Crippen LogP contribution in [0.2, 0.25) is 0 Å². The molecule has 0 saturated carbocycles.